The lowest BCUT2D eigenvalue weighted by atomic mass is 10.3. The van der Waals surface area contributed by atoms with Gasteiger partial charge in [-0.25, -0.2) is 14.6 Å². The highest BCUT2D eigenvalue weighted by atomic mass is 32.2. The Morgan fingerprint density at radius 3 is 3.11 bits per heavy atom. The second kappa shape index (κ2) is 4.69. The zero-order valence-electron chi connectivity index (χ0n) is 9.69. The van der Waals surface area contributed by atoms with Crippen molar-refractivity contribution in [2.75, 3.05) is 0 Å². The molecule has 3 aromatic heterocycles. The van der Waals surface area contributed by atoms with Crippen molar-refractivity contribution in [2.45, 2.75) is 10.8 Å². The standard InChI is InChI=1S/C11H10N6S/c1-17-10-9(15-16-17)11(14-7-13-10)18-6-8-3-2-4-12-5-8/h2-5,7H,6H2,1H3. The Morgan fingerprint density at radius 2 is 2.28 bits per heavy atom. The van der Waals surface area contributed by atoms with E-state index in [0.29, 0.717) is 0 Å². The molecule has 0 fully saturated rings. The second-order valence-electron chi connectivity index (χ2n) is 3.71. The number of aryl methyl sites for hydroxylation is 1. The Balaban J connectivity index is 1.87. The van der Waals surface area contributed by atoms with Gasteiger partial charge in [0.05, 0.1) is 0 Å². The minimum atomic E-state index is 0.744. The summed E-state index contributed by atoms with van der Waals surface area (Å²) in [6.07, 6.45) is 5.15. The van der Waals surface area contributed by atoms with Crippen LogP contribution >= 0.6 is 11.8 Å². The van der Waals surface area contributed by atoms with E-state index >= 15 is 0 Å². The number of hydrogen-bond acceptors (Lipinski definition) is 6. The largest absolute Gasteiger partial charge is 0.264 e. The van der Waals surface area contributed by atoms with E-state index in [-0.39, 0.29) is 0 Å². The molecule has 90 valence electrons. The van der Waals surface area contributed by atoms with Crippen LogP contribution in [-0.4, -0.2) is 29.9 Å². The van der Waals surface area contributed by atoms with Crippen LogP contribution in [0.25, 0.3) is 11.2 Å². The molecule has 3 rings (SSSR count). The average Bonchev–Trinajstić information content (AvgIpc) is 2.80. The van der Waals surface area contributed by atoms with Crippen molar-refractivity contribution >= 4 is 22.9 Å². The van der Waals surface area contributed by atoms with Crippen LogP contribution in [0.2, 0.25) is 0 Å². The van der Waals surface area contributed by atoms with Crippen LogP contribution < -0.4 is 0 Å². The molecule has 3 heterocycles. The van der Waals surface area contributed by atoms with Crippen molar-refractivity contribution in [1.82, 2.24) is 29.9 Å². The van der Waals surface area contributed by atoms with Gasteiger partial charge in [0.15, 0.2) is 11.2 Å². The summed E-state index contributed by atoms with van der Waals surface area (Å²) in [6, 6.07) is 3.96. The molecule has 0 spiro atoms. The fourth-order valence-electron chi connectivity index (χ4n) is 1.57. The summed E-state index contributed by atoms with van der Waals surface area (Å²) in [6.45, 7) is 0. The molecule has 0 saturated heterocycles. The summed E-state index contributed by atoms with van der Waals surface area (Å²) in [5.74, 6) is 0.802. The maximum Gasteiger partial charge on any atom is 0.182 e. The Labute approximate surface area is 107 Å². The zero-order valence-corrected chi connectivity index (χ0v) is 10.5. The minimum Gasteiger partial charge on any atom is -0.264 e. The summed E-state index contributed by atoms with van der Waals surface area (Å²) in [4.78, 5) is 12.5. The number of aromatic nitrogens is 6. The number of pyridine rings is 1. The fraction of sp³-hybridized carbons (Fsp3) is 0.182. The van der Waals surface area contributed by atoms with E-state index in [2.05, 4.69) is 25.3 Å². The average molecular weight is 258 g/mol. The lowest BCUT2D eigenvalue weighted by Crippen LogP contribution is -1.93. The van der Waals surface area contributed by atoms with Crippen molar-refractivity contribution in [1.29, 1.82) is 0 Å². The molecular formula is C11H10N6S. The first-order chi connectivity index (χ1) is 8.84. The van der Waals surface area contributed by atoms with Crippen LogP contribution in [-0.2, 0) is 12.8 Å². The predicted octanol–water partition coefficient (Wildman–Crippen LogP) is 1.45. The van der Waals surface area contributed by atoms with E-state index in [1.165, 1.54) is 6.33 Å². The number of fused-ring (bicyclic) bond motifs is 1. The molecule has 0 aliphatic rings. The Bertz CT molecular complexity index is 666. The van der Waals surface area contributed by atoms with Gasteiger partial charge in [0.25, 0.3) is 0 Å². The topological polar surface area (TPSA) is 69.4 Å². The van der Waals surface area contributed by atoms with Gasteiger partial charge in [-0.1, -0.05) is 23.0 Å². The summed E-state index contributed by atoms with van der Waals surface area (Å²) in [5.41, 5.74) is 2.64. The molecular weight excluding hydrogens is 248 g/mol. The predicted molar refractivity (Wildman–Crippen MR) is 67.9 cm³/mol. The Kier molecular flexibility index (Phi) is 2.89. The molecule has 0 aliphatic heterocycles. The quantitative estimate of drug-likeness (QED) is 0.523. The molecule has 3 aromatic rings. The van der Waals surface area contributed by atoms with Crippen molar-refractivity contribution in [3.05, 3.63) is 36.4 Å². The Morgan fingerprint density at radius 1 is 1.33 bits per heavy atom. The first-order valence-corrected chi connectivity index (χ1v) is 6.35. The molecule has 7 heteroatoms. The summed E-state index contributed by atoms with van der Waals surface area (Å²) in [7, 11) is 1.82. The van der Waals surface area contributed by atoms with Gasteiger partial charge in [0, 0.05) is 25.2 Å². The summed E-state index contributed by atoms with van der Waals surface area (Å²) < 4.78 is 1.64. The number of nitrogens with zero attached hydrogens (tertiary/aromatic N) is 6. The number of thioether (sulfide) groups is 1. The van der Waals surface area contributed by atoms with E-state index in [0.717, 1.165) is 27.5 Å². The first kappa shape index (κ1) is 11.1. The van der Waals surface area contributed by atoms with Gasteiger partial charge in [-0.3, -0.25) is 4.98 Å². The van der Waals surface area contributed by atoms with Crippen LogP contribution in [0.4, 0.5) is 0 Å². The SMILES string of the molecule is Cn1nnc2c(SCc3cccnc3)ncnc21. The highest BCUT2D eigenvalue weighted by Gasteiger charge is 2.09. The molecule has 0 aromatic carbocycles. The highest BCUT2D eigenvalue weighted by Crippen LogP contribution is 2.25. The molecule has 18 heavy (non-hydrogen) atoms. The smallest absolute Gasteiger partial charge is 0.182 e. The van der Waals surface area contributed by atoms with Gasteiger partial charge in [-0.2, -0.15) is 0 Å². The Hall–Kier alpha value is -2.02. The van der Waals surface area contributed by atoms with Gasteiger partial charge in [0.1, 0.15) is 11.4 Å². The molecule has 0 unspecified atom stereocenters. The van der Waals surface area contributed by atoms with Crippen LogP contribution in [0, 0.1) is 0 Å². The van der Waals surface area contributed by atoms with Crippen molar-refractivity contribution in [3.8, 4) is 0 Å². The van der Waals surface area contributed by atoms with Crippen LogP contribution in [0.3, 0.4) is 0 Å². The van der Waals surface area contributed by atoms with E-state index in [9.17, 15) is 0 Å². The first-order valence-electron chi connectivity index (χ1n) is 5.36. The molecule has 0 atom stereocenters. The van der Waals surface area contributed by atoms with Gasteiger partial charge in [-0.15, -0.1) is 5.10 Å². The van der Waals surface area contributed by atoms with Crippen LogP contribution in [0.5, 0.6) is 0 Å². The number of hydrogen-bond donors (Lipinski definition) is 0. The minimum absolute atomic E-state index is 0.744. The maximum absolute atomic E-state index is 4.25. The molecule has 0 aliphatic carbocycles. The lowest BCUT2D eigenvalue weighted by Gasteiger charge is -2.00. The van der Waals surface area contributed by atoms with Gasteiger partial charge in [-0.05, 0) is 11.6 Å². The maximum atomic E-state index is 4.25. The van der Waals surface area contributed by atoms with E-state index in [4.69, 9.17) is 0 Å². The van der Waals surface area contributed by atoms with Crippen molar-refractivity contribution in [3.63, 3.8) is 0 Å². The summed E-state index contributed by atoms with van der Waals surface area (Å²) in [5, 5.41) is 8.88. The third kappa shape index (κ3) is 2.04. The van der Waals surface area contributed by atoms with Gasteiger partial charge in [0.2, 0.25) is 0 Å². The third-order valence-electron chi connectivity index (χ3n) is 2.45. The number of rotatable bonds is 3. The molecule has 6 nitrogen and oxygen atoms in total. The summed E-state index contributed by atoms with van der Waals surface area (Å²) >= 11 is 1.61. The van der Waals surface area contributed by atoms with Crippen molar-refractivity contribution < 1.29 is 0 Å². The monoisotopic (exact) mass is 258 g/mol. The highest BCUT2D eigenvalue weighted by molar-refractivity contribution is 7.98. The molecule has 0 radical (unpaired) electrons. The van der Waals surface area contributed by atoms with Gasteiger partial charge >= 0.3 is 0 Å². The van der Waals surface area contributed by atoms with Gasteiger partial charge < -0.3 is 0 Å². The van der Waals surface area contributed by atoms with Crippen LogP contribution in [0.1, 0.15) is 5.56 Å². The third-order valence-corrected chi connectivity index (χ3v) is 3.50. The second-order valence-corrected chi connectivity index (χ2v) is 4.68. The van der Waals surface area contributed by atoms with E-state index in [1.54, 1.807) is 22.6 Å². The van der Waals surface area contributed by atoms with Crippen molar-refractivity contribution in [2.24, 2.45) is 7.05 Å². The molecule has 0 saturated carbocycles. The van der Waals surface area contributed by atoms with Crippen LogP contribution in [0.15, 0.2) is 35.9 Å². The van der Waals surface area contributed by atoms with E-state index in [1.807, 2.05) is 25.4 Å². The normalized spacial score (nSPS) is 10.9. The molecule has 0 bridgehead atoms. The molecule has 0 N–H and O–H groups in total. The fourth-order valence-corrected chi connectivity index (χ4v) is 2.44. The lowest BCUT2D eigenvalue weighted by molar-refractivity contribution is 0.729. The van der Waals surface area contributed by atoms with E-state index < -0.39 is 0 Å². The molecule has 0 amide bonds. The zero-order chi connectivity index (χ0) is 12.4.